The van der Waals surface area contributed by atoms with Gasteiger partial charge in [0, 0.05) is 21.4 Å². The average molecular weight is 159 g/mol. The average Bonchev–Trinajstić information content (AvgIpc) is 2.01. The van der Waals surface area contributed by atoms with Gasteiger partial charge in [-0.15, -0.1) is 0 Å². The van der Waals surface area contributed by atoms with Crippen LogP contribution in [0.3, 0.4) is 0 Å². The summed E-state index contributed by atoms with van der Waals surface area (Å²) in [7, 11) is 0. The second-order valence-corrected chi connectivity index (χ2v) is 3.23. The van der Waals surface area contributed by atoms with Crippen molar-refractivity contribution in [3.63, 3.8) is 0 Å². The van der Waals surface area contributed by atoms with Crippen molar-refractivity contribution in [1.29, 1.82) is 0 Å². The molecule has 11 heavy (non-hydrogen) atoms. The van der Waals surface area contributed by atoms with Crippen molar-refractivity contribution < 1.29 is 6.17 Å². The normalized spacial score (nSPS) is 11.5. The van der Waals surface area contributed by atoms with E-state index in [-0.39, 0.29) is 12.8 Å². The highest BCUT2D eigenvalue weighted by atomic mass is 16.2. The molecule has 66 valence electrons. The van der Waals surface area contributed by atoms with Gasteiger partial charge in [0.05, 0.1) is 0 Å². The standard InChI is InChI=1S/C9H19NO/c1-5-6-10(9(4)11)7-8(2)3/h8H,5-7H2,1-4H3/i4T. The third-order valence-corrected chi connectivity index (χ3v) is 1.43. The number of hydrogen-bond acceptors (Lipinski definition) is 1. The van der Waals surface area contributed by atoms with Crippen LogP contribution in [0.25, 0.3) is 0 Å². The first kappa shape index (κ1) is 8.57. The van der Waals surface area contributed by atoms with Crippen LogP contribution in [-0.2, 0) is 4.79 Å². The molecule has 0 aromatic rings. The zero-order valence-electron chi connectivity index (χ0n) is 8.76. The summed E-state index contributed by atoms with van der Waals surface area (Å²) in [6.07, 6.45) is 0.971. The summed E-state index contributed by atoms with van der Waals surface area (Å²) in [4.78, 5) is 13.0. The fourth-order valence-electron chi connectivity index (χ4n) is 1.03. The van der Waals surface area contributed by atoms with Gasteiger partial charge in [-0.2, -0.15) is 0 Å². The van der Waals surface area contributed by atoms with Gasteiger partial charge in [0.25, 0.3) is 0 Å². The molecule has 2 nitrogen and oxygen atoms in total. The first-order chi connectivity index (χ1) is 5.61. The number of rotatable bonds is 4. The molecule has 1 amide bonds. The number of carbonyl (C=O) groups excluding carboxylic acids is 1. The highest BCUT2D eigenvalue weighted by Crippen LogP contribution is 1.99. The maximum atomic E-state index is 11.2. The molecule has 0 N–H and O–H groups in total. The van der Waals surface area contributed by atoms with Crippen LogP contribution < -0.4 is 0 Å². The second-order valence-electron chi connectivity index (χ2n) is 3.23. The monoisotopic (exact) mass is 159 g/mol. The maximum Gasteiger partial charge on any atom is 0.219 e. The fourth-order valence-corrected chi connectivity index (χ4v) is 1.03. The van der Waals surface area contributed by atoms with E-state index in [0.29, 0.717) is 5.92 Å². The van der Waals surface area contributed by atoms with E-state index in [4.69, 9.17) is 1.37 Å². The lowest BCUT2D eigenvalue weighted by molar-refractivity contribution is -0.129. The first-order valence-electron chi connectivity index (χ1n) is 4.89. The molecule has 0 aliphatic rings. The van der Waals surface area contributed by atoms with E-state index in [1.807, 2.05) is 6.92 Å². The molecule has 2 heteroatoms. The van der Waals surface area contributed by atoms with Gasteiger partial charge in [0.2, 0.25) is 5.91 Å². The third kappa shape index (κ3) is 4.82. The summed E-state index contributed by atoms with van der Waals surface area (Å²) in [6.45, 7) is 7.67. The Hall–Kier alpha value is -0.530. The number of amides is 1. The Morgan fingerprint density at radius 2 is 2.27 bits per heavy atom. The molecule has 0 radical (unpaired) electrons. The molecule has 0 spiro atoms. The third-order valence-electron chi connectivity index (χ3n) is 1.43. The molecule has 0 saturated heterocycles. The molecule has 0 aliphatic heterocycles. The van der Waals surface area contributed by atoms with Gasteiger partial charge >= 0.3 is 0 Å². The van der Waals surface area contributed by atoms with Gasteiger partial charge in [-0.1, -0.05) is 20.8 Å². The van der Waals surface area contributed by atoms with Crippen LogP contribution in [-0.4, -0.2) is 23.9 Å². The van der Waals surface area contributed by atoms with Crippen LogP contribution in [0.2, 0.25) is 0 Å². The van der Waals surface area contributed by atoms with Crippen molar-refractivity contribution >= 4 is 5.91 Å². The van der Waals surface area contributed by atoms with Gasteiger partial charge in [0.1, 0.15) is 0 Å². The van der Waals surface area contributed by atoms with Gasteiger partial charge < -0.3 is 4.90 Å². The maximum absolute atomic E-state index is 11.2. The SMILES string of the molecule is [3H]CC(=O)N(CCC)CC(C)C. The van der Waals surface area contributed by atoms with E-state index in [0.717, 1.165) is 19.5 Å². The molecule has 0 atom stereocenters. The van der Waals surface area contributed by atoms with E-state index < -0.39 is 0 Å². The largest absolute Gasteiger partial charge is 0.343 e. The fraction of sp³-hybridized carbons (Fsp3) is 0.889. The minimum Gasteiger partial charge on any atom is -0.343 e. The number of nitrogens with zero attached hydrogens (tertiary/aromatic N) is 1. The van der Waals surface area contributed by atoms with Crippen molar-refractivity contribution in [1.82, 2.24) is 4.90 Å². The highest BCUT2D eigenvalue weighted by Gasteiger charge is 2.07. The summed E-state index contributed by atoms with van der Waals surface area (Å²) in [6, 6.07) is 0. The summed E-state index contributed by atoms with van der Waals surface area (Å²) in [5, 5.41) is 0. The van der Waals surface area contributed by atoms with E-state index in [9.17, 15) is 4.79 Å². The van der Waals surface area contributed by atoms with E-state index in [1.165, 1.54) is 0 Å². The smallest absolute Gasteiger partial charge is 0.219 e. The van der Waals surface area contributed by atoms with E-state index in [1.54, 1.807) is 4.90 Å². The molecule has 0 aliphatic carbocycles. The van der Waals surface area contributed by atoms with Crippen LogP contribution in [0, 0.1) is 5.92 Å². The van der Waals surface area contributed by atoms with Crippen LogP contribution in [0.5, 0.6) is 0 Å². The lowest BCUT2D eigenvalue weighted by atomic mass is 10.2. The molecule has 0 bridgehead atoms. The van der Waals surface area contributed by atoms with Crippen LogP contribution >= 0.6 is 0 Å². The van der Waals surface area contributed by atoms with Gasteiger partial charge in [-0.3, -0.25) is 4.79 Å². The molecular formula is C9H19NO. The minimum absolute atomic E-state index is 0.0504. The van der Waals surface area contributed by atoms with Crippen molar-refractivity contribution in [2.75, 3.05) is 13.1 Å². The Labute approximate surface area is 71.0 Å². The first-order valence-corrected chi connectivity index (χ1v) is 4.18. The van der Waals surface area contributed by atoms with E-state index in [2.05, 4.69) is 13.8 Å². The van der Waals surface area contributed by atoms with Gasteiger partial charge in [-0.05, 0) is 12.3 Å². The van der Waals surface area contributed by atoms with Gasteiger partial charge in [0.15, 0.2) is 0 Å². The molecule has 0 aromatic carbocycles. The predicted octanol–water partition coefficient (Wildman–Crippen LogP) is 1.90. The van der Waals surface area contributed by atoms with Crippen molar-refractivity contribution in [2.45, 2.75) is 34.1 Å². The summed E-state index contributed by atoms with van der Waals surface area (Å²) >= 11 is 0. The number of carbonyl (C=O) groups is 1. The molecular weight excluding hydrogens is 138 g/mol. The van der Waals surface area contributed by atoms with Crippen molar-refractivity contribution in [3.05, 3.63) is 0 Å². The molecule has 0 unspecified atom stereocenters. The summed E-state index contributed by atoms with van der Waals surface area (Å²) in [5.74, 6) is 0.442. The molecule has 0 aromatic heterocycles. The molecule has 0 fully saturated rings. The Morgan fingerprint density at radius 3 is 2.64 bits per heavy atom. The van der Waals surface area contributed by atoms with Crippen molar-refractivity contribution in [3.8, 4) is 0 Å². The Morgan fingerprint density at radius 1 is 1.64 bits per heavy atom. The molecule has 0 heterocycles. The highest BCUT2D eigenvalue weighted by molar-refractivity contribution is 5.73. The lowest BCUT2D eigenvalue weighted by Crippen LogP contribution is -2.32. The lowest BCUT2D eigenvalue weighted by Gasteiger charge is -2.22. The quantitative estimate of drug-likeness (QED) is 0.613. The Kier molecular flexibility index (Phi) is 4.02. The minimum atomic E-state index is -0.118. The second kappa shape index (κ2) is 5.16. The zero-order chi connectivity index (χ0) is 9.56. The van der Waals surface area contributed by atoms with Crippen LogP contribution in [0.4, 0.5) is 0 Å². The van der Waals surface area contributed by atoms with Crippen LogP contribution in [0.1, 0.15) is 35.5 Å². The van der Waals surface area contributed by atoms with Crippen LogP contribution in [0.15, 0.2) is 0 Å². The van der Waals surface area contributed by atoms with Gasteiger partial charge in [-0.25, -0.2) is 0 Å². The zero-order valence-corrected chi connectivity index (χ0v) is 7.76. The molecule has 0 rings (SSSR count). The molecule has 0 saturated carbocycles. The predicted molar refractivity (Wildman–Crippen MR) is 47.4 cm³/mol. The summed E-state index contributed by atoms with van der Waals surface area (Å²) < 4.78 is 6.97. The Balaban J connectivity index is 3.94. The Bertz CT molecular complexity index is 136. The topological polar surface area (TPSA) is 20.3 Å². The number of hydrogen-bond donors (Lipinski definition) is 0. The van der Waals surface area contributed by atoms with E-state index >= 15 is 0 Å². The summed E-state index contributed by atoms with van der Waals surface area (Å²) in [5.41, 5.74) is 0. The van der Waals surface area contributed by atoms with Crippen molar-refractivity contribution in [2.24, 2.45) is 5.92 Å².